The van der Waals surface area contributed by atoms with Crippen molar-refractivity contribution in [1.29, 1.82) is 0 Å². The fraction of sp³-hybridized carbons (Fsp3) is 0.143. The highest BCUT2D eigenvalue weighted by Gasteiger charge is 2.10. The number of nitrogens with two attached hydrogens (primary N) is 1. The lowest BCUT2D eigenvalue weighted by Crippen LogP contribution is -1.98. The van der Waals surface area contributed by atoms with E-state index in [2.05, 4.69) is 29.9 Å². The molecule has 0 saturated heterocycles. The second kappa shape index (κ2) is 4.07. The van der Waals surface area contributed by atoms with Crippen LogP contribution in [0.25, 0.3) is 21.6 Å². The minimum atomic E-state index is 0.553. The average Bonchev–Trinajstić information content (AvgIpc) is 2.81. The Bertz CT molecular complexity index is 731. The highest BCUT2D eigenvalue weighted by molar-refractivity contribution is 7.16. The Kier molecular flexibility index (Phi) is 2.52. The van der Waals surface area contributed by atoms with Gasteiger partial charge in [0, 0.05) is 5.56 Å². The molecule has 0 radical (unpaired) electrons. The first-order valence-corrected chi connectivity index (χ1v) is 6.62. The Hall–Kier alpha value is -1.94. The summed E-state index contributed by atoms with van der Waals surface area (Å²) in [6.45, 7) is 4.18. The summed E-state index contributed by atoms with van der Waals surface area (Å²) >= 11 is 1.59. The Morgan fingerprint density at radius 3 is 2.78 bits per heavy atom. The molecule has 0 bridgehead atoms. The van der Waals surface area contributed by atoms with Gasteiger partial charge < -0.3 is 5.73 Å². The van der Waals surface area contributed by atoms with Gasteiger partial charge in [-0.1, -0.05) is 18.2 Å². The number of aryl methyl sites for hydroxylation is 1. The van der Waals surface area contributed by atoms with Crippen LogP contribution in [-0.4, -0.2) is 9.97 Å². The molecule has 2 heterocycles. The highest BCUT2D eigenvalue weighted by Crippen LogP contribution is 2.28. The molecule has 18 heavy (non-hydrogen) atoms. The van der Waals surface area contributed by atoms with Crippen LogP contribution < -0.4 is 5.73 Å². The molecule has 4 heteroatoms. The van der Waals surface area contributed by atoms with E-state index in [1.165, 1.54) is 11.1 Å². The molecule has 3 aromatic rings. The van der Waals surface area contributed by atoms with Gasteiger partial charge in [0.2, 0.25) is 0 Å². The van der Waals surface area contributed by atoms with Crippen LogP contribution in [0.1, 0.15) is 11.1 Å². The summed E-state index contributed by atoms with van der Waals surface area (Å²) in [7, 11) is 0. The van der Waals surface area contributed by atoms with Crippen molar-refractivity contribution in [1.82, 2.24) is 9.97 Å². The van der Waals surface area contributed by atoms with Crippen molar-refractivity contribution in [3.63, 3.8) is 0 Å². The van der Waals surface area contributed by atoms with E-state index in [0.29, 0.717) is 11.6 Å². The molecule has 2 N–H and O–H groups in total. The number of thiophene rings is 1. The van der Waals surface area contributed by atoms with E-state index in [-0.39, 0.29) is 0 Å². The Morgan fingerprint density at radius 1 is 1.11 bits per heavy atom. The summed E-state index contributed by atoms with van der Waals surface area (Å²) in [6, 6.07) is 8.11. The maximum Gasteiger partial charge on any atom is 0.163 e. The van der Waals surface area contributed by atoms with Gasteiger partial charge in [-0.05, 0) is 36.4 Å². The van der Waals surface area contributed by atoms with E-state index >= 15 is 0 Å². The first-order chi connectivity index (χ1) is 8.66. The number of anilines is 1. The van der Waals surface area contributed by atoms with Crippen molar-refractivity contribution in [2.24, 2.45) is 0 Å². The van der Waals surface area contributed by atoms with Gasteiger partial charge in [-0.2, -0.15) is 0 Å². The topological polar surface area (TPSA) is 51.8 Å². The van der Waals surface area contributed by atoms with Gasteiger partial charge in [-0.25, -0.2) is 9.97 Å². The number of hydrogen-bond donors (Lipinski definition) is 1. The SMILES string of the molecule is Cc1cccc(-c2nc(N)c3ccsc3n2)c1C. The van der Waals surface area contributed by atoms with Crippen LogP contribution in [0, 0.1) is 13.8 Å². The molecule has 0 fully saturated rings. The van der Waals surface area contributed by atoms with Crippen LogP contribution in [0.3, 0.4) is 0 Å². The Labute approximate surface area is 109 Å². The maximum atomic E-state index is 5.98. The van der Waals surface area contributed by atoms with Gasteiger partial charge in [0.1, 0.15) is 10.6 Å². The smallest absolute Gasteiger partial charge is 0.163 e. The van der Waals surface area contributed by atoms with Gasteiger partial charge in [0.15, 0.2) is 5.82 Å². The van der Waals surface area contributed by atoms with Crippen LogP contribution in [0.15, 0.2) is 29.6 Å². The van der Waals surface area contributed by atoms with Gasteiger partial charge in [0.05, 0.1) is 5.39 Å². The summed E-state index contributed by atoms with van der Waals surface area (Å²) < 4.78 is 0. The van der Waals surface area contributed by atoms with Crippen molar-refractivity contribution in [3.05, 3.63) is 40.8 Å². The molecule has 0 atom stereocenters. The number of nitrogens with zero attached hydrogens (tertiary/aromatic N) is 2. The monoisotopic (exact) mass is 255 g/mol. The number of aromatic nitrogens is 2. The summed E-state index contributed by atoms with van der Waals surface area (Å²) in [5.41, 5.74) is 9.47. The van der Waals surface area contributed by atoms with Crippen molar-refractivity contribution in [2.45, 2.75) is 13.8 Å². The predicted molar refractivity (Wildman–Crippen MR) is 76.7 cm³/mol. The van der Waals surface area contributed by atoms with Crippen LogP contribution >= 0.6 is 11.3 Å². The summed E-state index contributed by atoms with van der Waals surface area (Å²) in [5.74, 6) is 1.26. The fourth-order valence-corrected chi connectivity index (χ4v) is 2.76. The number of nitrogen functional groups attached to an aromatic ring is 1. The number of fused-ring (bicyclic) bond motifs is 1. The molecule has 3 rings (SSSR count). The van der Waals surface area contributed by atoms with Crippen molar-refractivity contribution in [3.8, 4) is 11.4 Å². The van der Waals surface area contributed by atoms with E-state index in [1.807, 2.05) is 23.6 Å². The van der Waals surface area contributed by atoms with Crippen molar-refractivity contribution in [2.75, 3.05) is 5.73 Å². The lowest BCUT2D eigenvalue weighted by Gasteiger charge is -2.08. The molecule has 2 aromatic heterocycles. The first kappa shape index (κ1) is 11.2. The molecule has 0 unspecified atom stereocenters. The molecule has 3 nitrogen and oxygen atoms in total. The van der Waals surface area contributed by atoms with E-state index in [0.717, 1.165) is 15.8 Å². The second-order valence-electron chi connectivity index (χ2n) is 4.32. The van der Waals surface area contributed by atoms with E-state index in [1.54, 1.807) is 11.3 Å². The van der Waals surface area contributed by atoms with E-state index in [9.17, 15) is 0 Å². The number of hydrogen-bond acceptors (Lipinski definition) is 4. The Morgan fingerprint density at radius 2 is 1.94 bits per heavy atom. The lowest BCUT2D eigenvalue weighted by molar-refractivity contribution is 1.22. The summed E-state index contributed by atoms with van der Waals surface area (Å²) in [4.78, 5) is 9.96. The normalized spacial score (nSPS) is 11.0. The predicted octanol–water partition coefficient (Wildman–Crippen LogP) is 3.56. The van der Waals surface area contributed by atoms with E-state index in [4.69, 9.17) is 5.73 Å². The molecule has 1 aromatic carbocycles. The first-order valence-electron chi connectivity index (χ1n) is 5.74. The van der Waals surface area contributed by atoms with Crippen molar-refractivity contribution >= 4 is 27.4 Å². The molecule has 0 aliphatic carbocycles. The summed E-state index contributed by atoms with van der Waals surface area (Å²) in [6.07, 6.45) is 0. The molecule has 0 saturated carbocycles. The quantitative estimate of drug-likeness (QED) is 0.723. The number of rotatable bonds is 1. The second-order valence-corrected chi connectivity index (χ2v) is 5.21. The molecular formula is C14H13N3S. The Balaban J connectivity index is 2.28. The van der Waals surface area contributed by atoms with Crippen LogP contribution in [0.5, 0.6) is 0 Å². The average molecular weight is 255 g/mol. The molecule has 0 amide bonds. The molecule has 0 aliphatic heterocycles. The zero-order valence-electron chi connectivity index (χ0n) is 10.3. The standard InChI is InChI=1S/C14H13N3S/c1-8-4-3-5-10(9(8)2)13-16-12(15)11-6-7-18-14(11)17-13/h3-7H,1-2H3,(H2,15,16,17). The van der Waals surface area contributed by atoms with Crippen LogP contribution in [0.2, 0.25) is 0 Å². The van der Waals surface area contributed by atoms with Crippen LogP contribution in [0.4, 0.5) is 5.82 Å². The molecular weight excluding hydrogens is 242 g/mol. The van der Waals surface area contributed by atoms with Gasteiger partial charge in [-0.15, -0.1) is 11.3 Å². The summed E-state index contributed by atoms with van der Waals surface area (Å²) in [5, 5.41) is 2.93. The minimum Gasteiger partial charge on any atom is -0.383 e. The molecule has 90 valence electrons. The maximum absolute atomic E-state index is 5.98. The minimum absolute atomic E-state index is 0.553. The van der Waals surface area contributed by atoms with Gasteiger partial charge in [-0.3, -0.25) is 0 Å². The molecule has 0 spiro atoms. The lowest BCUT2D eigenvalue weighted by atomic mass is 10.0. The zero-order chi connectivity index (χ0) is 12.7. The third kappa shape index (κ3) is 1.66. The third-order valence-corrected chi connectivity index (χ3v) is 4.01. The largest absolute Gasteiger partial charge is 0.383 e. The molecule has 0 aliphatic rings. The van der Waals surface area contributed by atoms with Gasteiger partial charge in [0.25, 0.3) is 0 Å². The fourth-order valence-electron chi connectivity index (χ4n) is 1.99. The number of benzene rings is 1. The highest BCUT2D eigenvalue weighted by atomic mass is 32.1. The van der Waals surface area contributed by atoms with Crippen LogP contribution in [-0.2, 0) is 0 Å². The zero-order valence-corrected chi connectivity index (χ0v) is 11.1. The van der Waals surface area contributed by atoms with E-state index < -0.39 is 0 Å². The van der Waals surface area contributed by atoms with Gasteiger partial charge >= 0.3 is 0 Å². The van der Waals surface area contributed by atoms with Crippen molar-refractivity contribution < 1.29 is 0 Å². The third-order valence-electron chi connectivity index (χ3n) is 3.20.